The lowest BCUT2D eigenvalue weighted by molar-refractivity contribution is 0.596. The minimum Gasteiger partial charge on any atom is -0.386 e. The molecule has 0 saturated heterocycles. The fraction of sp³-hybridized carbons (Fsp3) is 0.333. The normalized spacial score (nSPS) is 19.8. The van der Waals surface area contributed by atoms with Crippen LogP contribution in [0, 0.1) is 5.92 Å². The van der Waals surface area contributed by atoms with Crippen LogP contribution in [0.5, 0.6) is 0 Å². The molecule has 1 aromatic rings. The zero-order valence-electron chi connectivity index (χ0n) is 8.54. The average Bonchev–Trinajstić information content (AvgIpc) is 2.62. The number of benzene rings is 1. The van der Waals surface area contributed by atoms with Gasteiger partial charge in [0.15, 0.2) is 0 Å². The van der Waals surface area contributed by atoms with Gasteiger partial charge in [0.05, 0.1) is 5.82 Å². The summed E-state index contributed by atoms with van der Waals surface area (Å²) in [7, 11) is 0. The van der Waals surface area contributed by atoms with E-state index in [1.807, 2.05) is 18.2 Å². The molecule has 0 fully saturated rings. The quantitative estimate of drug-likeness (QED) is 0.824. The number of hydrogen-bond donors (Lipinski definition) is 2. The van der Waals surface area contributed by atoms with Gasteiger partial charge in [0.2, 0.25) is 0 Å². The number of nitrogens with one attached hydrogen (secondary N) is 1. The molecule has 0 aliphatic carbocycles. The van der Waals surface area contributed by atoms with E-state index in [0.29, 0.717) is 5.92 Å². The highest BCUT2D eigenvalue weighted by Gasteiger charge is 2.12. The summed E-state index contributed by atoms with van der Waals surface area (Å²) in [4.78, 5) is 0. The highest BCUT2D eigenvalue weighted by Crippen LogP contribution is 2.17. The minimum absolute atomic E-state index is 0.559. The van der Waals surface area contributed by atoms with Crippen molar-refractivity contribution in [2.75, 3.05) is 6.54 Å². The van der Waals surface area contributed by atoms with Gasteiger partial charge in [-0.2, -0.15) is 0 Å². The van der Waals surface area contributed by atoms with Crippen molar-refractivity contribution >= 4 is 11.6 Å². The van der Waals surface area contributed by atoms with Gasteiger partial charge < -0.3 is 11.1 Å². The molecule has 0 unspecified atom stereocenters. The molecule has 0 spiro atoms. The molecule has 0 amide bonds. The summed E-state index contributed by atoms with van der Waals surface area (Å²) in [5.74, 6) is 1.37. The maximum Gasteiger partial charge on any atom is 0.0922 e. The van der Waals surface area contributed by atoms with Crippen LogP contribution in [0.2, 0.25) is 5.02 Å². The fourth-order valence-electron chi connectivity index (χ4n) is 1.85. The molecule has 2 nitrogen and oxygen atoms in total. The summed E-state index contributed by atoms with van der Waals surface area (Å²) >= 11 is 5.92. The molecule has 1 heterocycles. The zero-order chi connectivity index (χ0) is 10.7. The van der Waals surface area contributed by atoms with Crippen LogP contribution >= 0.6 is 11.6 Å². The van der Waals surface area contributed by atoms with E-state index in [1.165, 1.54) is 5.56 Å². The number of rotatable bonds is 3. The van der Waals surface area contributed by atoms with Crippen LogP contribution in [-0.4, -0.2) is 6.54 Å². The third-order valence-electron chi connectivity index (χ3n) is 2.68. The van der Waals surface area contributed by atoms with Crippen LogP contribution in [0.1, 0.15) is 12.0 Å². The lowest BCUT2D eigenvalue weighted by atomic mass is 10.0. The molecule has 3 heteroatoms. The first-order valence-electron chi connectivity index (χ1n) is 5.19. The first kappa shape index (κ1) is 10.4. The van der Waals surface area contributed by atoms with Crippen molar-refractivity contribution in [1.29, 1.82) is 0 Å². The minimum atomic E-state index is 0.559. The molecule has 3 N–H and O–H groups in total. The highest BCUT2D eigenvalue weighted by molar-refractivity contribution is 6.30. The molecule has 1 atom stereocenters. The van der Waals surface area contributed by atoms with E-state index in [-0.39, 0.29) is 0 Å². The Hall–Kier alpha value is -1.15. The lowest BCUT2D eigenvalue weighted by Crippen LogP contribution is -2.16. The SMILES string of the molecule is NC1=C[C@H](CCc2cccc(Cl)c2)CN1. The molecule has 1 aromatic carbocycles. The van der Waals surface area contributed by atoms with Gasteiger partial charge in [0.1, 0.15) is 0 Å². The van der Waals surface area contributed by atoms with Gasteiger partial charge in [-0.3, -0.25) is 0 Å². The standard InChI is InChI=1S/C12H15ClN2/c13-11-3-1-2-9(6-11)4-5-10-7-12(14)15-8-10/h1-3,6-7,10,15H,4-5,8,14H2/t10-/m0/s1. The van der Waals surface area contributed by atoms with E-state index >= 15 is 0 Å². The number of nitrogens with two attached hydrogens (primary N) is 1. The lowest BCUT2D eigenvalue weighted by Gasteiger charge is -2.06. The summed E-state index contributed by atoms with van der Waals surface area (Å²) in [6, 6.07) is 8.03. The highest BCUT2D eigenvalue weighted by atomic mass is 35.5. The Morgan fingerprint density at radius 1 is 1.47 bits per heavy atom. The van der Waals surface area contributed by atoms with Crippen molar-refractivity contribution in [2.24, 2.45) is 11.7 Å². The molecule has 0 saturated carbocycles. The second-order valence-corrected chi connectivity index (χ2v) is 4.37. The van der Waals surface area contributed by atoms with Gasteiger partial charge in [-0.25, -0.2) is 0 Å². The first-order valence-corrected chi connectivity index (χ1v) is 5.57. The largest absolute Gasteiger partial charge is 0.386 e. The second-order valence-electron chi connectivity index (χ2n) is 3.93. The summed E-state index contributed by atoms with van der Waals surface area (Å²) in [6.07, 6.45) is 4.27. The molecular weight excluding hydrogens is 208 g/mol. The van der Waals surface area contributed by atoms with E-state index in [2.05, 4.69) is 17.5 Å². The average molecular weight is 223 g/mol. The third kappa shape index (κ3) is 2.90. The van der Waals surface area contributed by atoms with Crippen LogP contribution < -0.4 is 11.1 Å². The third-order valence-corrected chi connectivity index (χ3v) is 2.91. The van der Waals surface area contributed by atoms with Gasteiger partial charge in [0.25, 0.3) is 0 Å². The number of aryl methyl sites for hydroxylation is 1. The maximum absolute atomic E-state index is 5.92. The fourth-order valence-corrected chi connectivity index (χ4v) is 2.06. The van der Waals surface area contributed by atoms with Crippen LogP contribution in [0.4, 0.5) is 0 Å². The van der Waals surface area contributed by atoms with Gasteiger partial charge in [-0.1, -0.05) is 23.7 Å². The van der Waals surface area contributed by atoms with Crippen molar-refractivity contribution in [3.05, 3.63) is 46.7 Å². The van der Waals surface area contributed by atoms with Crippen molar-refractivity contribution in [2.45, 2.75) is 12.8 Å². The molecule has 1 aliphatic rings. The van der Waals surface area contributed by atoms with Gasteiger partial charge in [-0.15, -0.1) is 0 Å². The van der Waals surface area contributed by atoms with E-state index in [0.717, 1.165) is 30.2 Å². The Labute approximate surface area is 95.1 Å². The Bertz CT molecular complexity index is 374. The van der Waals surface area contributed by atoms with Crippen molar-refractivity contribution in [1.82, 2.24) is 5.32 Å². The Morgan fingerprint density at radius 3 is 3.00 bits per heavy atom. The summed E-state index contributed by atoms with van der Waals surface area (Å²) < 4.78 is 0. The molecule has 2 rings (SSSR count). The molecule has 80 valence electrons. The summed E-state index contributed by atoms with van der Waals surface area (Å²) in [6.45, 7) is 0.965. The Kier molecular flexibility index (Phi) is 3.17. The second kappa shape index (κ2) is 4.58. The van der Waals surface area contributed by atoms with Crippen LogP contribution in [0.3, 0.4) is 0 Å². The molecule has 15 heavy (non-hydrogen) atoms. The number of halogens is 1. The van der Waals surface area contributed by atoms with E-state index in [1.54, 1.807) is 0 Å². The molecule has 0 aromatic heterocycles. The topological polar surface area (TPSA) is 38.0 Å². The van der Waals surface area contributed by atoms with Gasteiger partial charge >= 0.3 is 0 Å². The predicted molar refractivity (Wildman–Crippen MR) is 63.5 cm³/mol. The predicted octanol–water partition coefficient (Wildman–Crippen LogP) is 2.29. The van der Waals surface area contributed by atoms with Crippen LogP contribution in [0.25, 0.3) is 0 Å². The molecular formula is C12H15ClN2. The van der Waals surface area contributed by atoms with Crippen molar-refractivity contribution < 1.29 is 0 Å². The smallest absolute Gasteiger partial charge is 0.0922 e. The monoisotopic (exact) mass is 222 g/mol. The van der Waals surface area contributed by atoms with Crippen LogP contribution in [-0.2, 0) is 6.42 Å². The molecule has 0 bridgehead atoms. The maximum atomic E-state index is 5.92. The molecule has 1 aliphatic heterocycles. The zero-order valence-corrected chi connectivity index (χ0v) is 9.30. The van der Waals surface area contributed by atoms with Crippen LogP contribution in [0.15, 0.2) is 36.2 Å². The Balaban J connectivity index is 1.88. The Morgan fingerprint density at radius 2 is 2.33 bits per heavy atom. The summed E-state index contributed by atoms with van der Waals surface area (Å²) in [5.41, 5.74) is 6.94. The van der Waals surface area contributed by atoms with Gasteiger partial charge in [0, 0.05) is 11.6 Å². The molecule has 0 radical (unpaired) electrons. The van der Waals surface area contributed by atoms with E-state index < -0.39 is 0 Å². The first-order chi connectivity index (χ1) is 7.24. The van der Waals surface area contributed by atoms with E-state index in [4.69, 9.17) is 17.3 Å². The van der Waals surface area contributed by atoms with Crippen molar-refractivity contribution in [3.63, 3.8) is 0 Å². The summed E-state index contributed by atoms with van der Waals surface area (Å²) in [5, 5.41) is 3.94. The van der Waals surface area contributed by atoms with Gasteiger partial charge in [-0.05, 0) is 42.5 Å². The van der Waals surface area contributed by atoms with Crippen molar-refractivity contribution in [3.8, 4) is 0 Å². The van der Waals surface area contributed by atoms with E-state index in [9.17, 15) is 0 Å². The number of hydrogen-bond acceptors (Lipinski definition) is 2.